The van der Waals surface area contributed by atoms with Gasteiger partial charge in [-0.15, -0.1) is 0 Å². The number of halogens is 2. The van der Waals surface area contributed by atoms with Gasteiger partial charge in [0.1, 0.15) is 12.6 Å². The number of carboxylic acid groups (broad SMARTS) is 1. The van der Waals surface area contributed by atoms with Crippen LogP contribution in [0.4, 0.5) is 0 Å². The second-order valence-electron chi connectivity index (χ2n) is 3.86. The van der Waals surface area contributed by atoms with Crippen LogP contribution >= 0.6 is 23.2 Å². The molecule has 0 aliphatic rings. The molecule has 2 aromatic rings. The van der Waals surface area contributed by atoms with Gasteiger partial charge in [-0.3, -0.25) is 4.79 Å². The molecule has 1 heterocycles. The molecule has 0 saturated heterocycles. The molecule has 0 aliphatic carbocycles. The highest BCUT2D eigenvalue weighted by Crippen LogP contribution is 2.36. The zero-order valence-corrected chi connectivity index (χ0v) is 11.1. The Morgan fingerprint density at radius 2 is 1.95 bits per heavy atom. The Kier molecular flexibility index (Phi) is 3.79. The Morgan fingerprint density at radius 3 is 2.47 bits per heavy atom. The summed E-state index contributed by atoms with van der Waals surface area (Å²) in [6.45, 7) is -0.225. The molecule has 0 atom stereocenters. The van der Waals surface area contributed by atoms with E-state index in [1.807, 2.05) is 6.07 Å². The van der Waals surface area contributed by atoms with Crippen molar-refractivity contribution in [2.24, 2.45) is 0 Å². The van der Waals surface area contributed by atoms with Gasteiger partial charge < -0.3 is 9.67 Å². The zero-order valence-electron chi connectivity index (χ0n) is 9.60. The Labute approximate surface area is 119 Å². The summed E-state index contributed by atoms with van der Waals surface area (Å²) in [6, 6.07) is 7.04. The molecule has 96 valence electrons. The molecule has 0 aliphatic heterocycles. The number of hydrogen-bond acceptors (Lipinski definition) is 2. The van der Waals surface area contributed by atoms with E-state index in [2.05, 4.69) is 0 Å². The van der Waals surface area contributed by atoms with Gasteiger partial charge in [0, 0.05) is 33.6 Å². The molecule has 4 nitrogen and oxygen atoms in total. The third-order valence-corrected chi connectivity index (χ3v) is 3.18. The summed E-state index contributed by atoms with van der Waals surface area (Å²) in [5.74, 6) is -0.990. The normalized spacial score (nSPS) is 10.2. The summed E-state index contributed by atoms with van der Waals surface area (Å²) in [5, 5.41) is 18.7. The lowest BCUT2D eigenvalue weighted by atomic mass is 10.1. The van der Waals surface area contributed by atoms with E-state index >= 15 is 0 Å². The first-order chi connectivity index (χ1) is 9.02. The lowest BCUT2D eigenvalue weighted by molar-refractivity contribution is -0.137. The highest BCUT2D eigenvalue weighted by molar-refractivity contribution is 6.39. The lowest BCUT2D eigenvalue weighted by Crippen LogP contribution is -2.06. The maximum absolute atomic E-state index is 10.7. The average Bonchev–Trinajstić information content (AvgIpc) is 2.71. The minimum atomic E-state index is -0.990. The molecule has 0 unspecified atom stereocenters. The quantitative estimate of drug-likeness (QED) is 0.943. The highest BCUT2D eigenvalue weighted by Gasteiger charge is 2.15. The minimum Gasteiger partial charge on any atom is -0.480 e. The number of nitrogens with zero attached hydrogens (tertiary/aromatic N) is 2. The van der Waals surface area contributed by atoms with Gasteiger partial charge in [0.25, 0.3) is 0 Å². The lowest BCUT2D eigenvalue weighted by Gasteiger charge is -2.05. The molecule has 0 spiro atoms. The fourth-order valence-corrected chi connectivity index (χ4v) is 2.40. The molecule has 1 N–H and O–H groups in total. The van der Waals surface area contributed by atoms with Crippen LogP contribution < -0.4 is 0 Å². The van der Waals surface area contributed by atoms with Gasteiger partial charge in [-0.05, 0) is 12.1 Å². The standard InChI is InChI=1S/C13H8Cl2N2O2/c14-10-2-1-3-11(15)13(10)9-6-17(7-12(18)19)5-8(9)4-16/h1-3,5-6H,7H2,(H,18,19). The molecule has 0 amide bonds. The highest BCUT2D eigenvalue weighted by atomic mass is 35.5. The molecular formula is C13H8Cl2N2O2. The fourth-order valence-electron chi connectivity index (χ4n) is 1.80. The summed E-state index contributed by atoms with van der Waals surface area (Å²) in [4.78, 5) is 10.7. The molecule has 0 saturated carbocycles. The van der Waals surface area contributed by atoms with Crippen LogP contribution in [0, 0.1) is 11.3 Å². The monoisotopic (exact) mass is 294 g/mol. The van der Waals surface area contributed by atoms with Crippen LogP contribution in [0.2, 0.25) is 10.0 Å². The zero-order chi connectivity index (χ0) is 14.0. The summed E-state index contributed by atoms with van der Waals surface area (Å²) in [5.41, 5.74) is 1.39. The van der Waals surface area contributed by atoms with Crippen molar-refractivity contribution in [1.82, 2.24) is 4.57 Å². The van der Waals surface area contributed by atoms with Gasteiger partial charge in [0.15, 0.2) is 0 Å². The Balaban J connectivity index is 2.59. The minimum absolute atomic E-state index is 0.225. The van der Waals surface area contributed by atoms with E-state index < -0.39 is 5.97 Å². The molecule has 2 rings (SSSR count). The van der Waals surface area contributed by atoms with Gasteiger partial charge in [-0.25, -0.2) is 0 Å². The number of nitriles is 1. The number of aliphatic carboxylic acids is 1. The van der Waals surface area contributed by atoms with Gasteiger partial charge in [0.05, 0.1) is 5.56 Å². The molecular weight excluding hydrogens is 287 g/mol. The summed E-state index contributed by atoms with van der Waals surface area (Å²) in [6.07, 6.45) is 3.02. The predicted molar refractivity (Wildman–Crippen MR) is 72.2 cm³/mol. The van der Waals surface area contributed by atoms with Crippen LogP contribution in [0.3, 0.4) is 0 Å². The van der Waals surface area contributed by atoms with Crippen molar-refractivity contribution in [3.8, 4) is 17.2 Å². The van der Waals surface area contributed by atoms with E-state index in [4.69, 9.17) is 33.6 Å². The third kappa shape index (κ3) is 2.73. The average molecular weight is 295 g/mol. The number of aromatic nitrogens is 1. The van der Waals surface area contributed by atoms with Gasteiger partial charge in [-0.2, -0.15) is 5.26 Å². The van der Waals surface area contributed by atoms with E-state index in [0.29, 0.717) is 26.7 Å². The van der Waals surface area contributed by atoms with Crippen LogP contribution in [-0.4, -0.2) is 15.6 Å². The van der Waals surface area contributed by atoms with Crippen LogP contribution in [0.25, 0.3) is 11.1 Å². The van der Waals surface area contributed by atoms with Crippen molar-refractivity contribution in [1.29, 1.82) is 5.26 Å². The second-order valence-corrected chi connectivity index (χ2v) is 4.67. The van der Waals surface area contributed by atoms with Crippen molar-refractivity contribution < 1.29 is 9.90 Å². The van der Waals surface area contributed by atoms with Crippen LogP contribution in [0.15, 0.2) is 30.6 Å². The first kappa shape index (κ1) is 13.5. The molecule has 0 fully saturated rings. The van der Waals surface area contributed by atoms with Crippen molar-refractivity contribution in [3.05, 3.63) is 46.2 Å². The maximum atomic E-state index is 10.7. The summed E-state index contributed by atoms with van der Waals surface area (Å²) in [7, 11) is 0. The Morgan fingerprint density at radius 1 is 1.32 bits per heavy atom. The molecule has 6 heteroatoms. The predicted octanol–water partition coefficient (Wildman–Crippen LogP) is 3.42. The number of benzene rings is 1. The maximum Gasteiger partial charge on any atom is 0.323 e. The SMILES string of the molecule is N#Cc1cn(CC(=O)O)cc1-c1c(Cl)cccc1Cl. The molecule has 19 heavy (non-hydrogen) atoms. The molecule has 1 aromatic heterocycles. The summed E-state index contributed by atoms with van der Waals surface area (Å²) < 4.78 is 1.41. The van der Waals surface area contributed by atoms with E-state index in [0.717, 1.165) is 0 Å². The Bertz CT molecular complexity index is 666. The topological polar surface area (TPSA) is 66.0 Å². The first-order valence-corrected chi connectivity index (χ1v) is 6.04. The Hall–Kier alpha value is -1.96. The van der Waals surface area contributed by atoms with Crippen molar-refractivity contribution in [2.75, 3.05) is 0 Å². The van der Waals surface area contributed by atoms with E-state index in [-0.39, 0.29) is 6.54 Å². The molecule has 1 aromatic carbocycles. The van der Waals surface area contributed by atoms with E-state index in [1.54, 1.807) is 24.4 Å². The van der Waals surface area contributed by atoms with Gasteiger partial charge in [0.2, 0.25) is 0 Å². The van der Waals surface area contributed by atoms with Gasteiger partial charge in [-0.1, -0.05) is 29.3 Å². The number of carbonyl (C=O) groups is 1. The fraction of sp³-hybridized carbons (Fsp3) is 0.0769. The van der Waals surface area contributed by atoms with Crippen LogP contribution in [-0.2, 0) is 11.3 Å². The second kappa shape index (κ2) is 5.35. The summed E-state index contributed by atoms with van der Waals surface area (Å²) >= 11 is 12.2. The van der Waals surface area contributed by atoms with E-state index in [1.165, 1.54) is 10.8 Å². The largest absolute Gasteiger partial charge is 0.480 e. The van der Waals surface area contributed by atoms with Gasteiger partial charge >= 0.3 is 5.97 Å². The smallest absolute Gasteiger partial charge is 0.323 e. The number of hydrogen-bond donors (Lipinski definition) is 1. The number of carboxylic acids is 1. The van der Waals surface area contributed by atoms with Crippen LogP contribution in [0.5, 0.6) is 0 Å². The molecule has 0 radical (unpaired) electrons. The van der Waals surface area contributed by atoms with Crippen molar-refractivity contribution in [2.45, 2.75) is 6.54 Å². The third-order valence-electron chi connectivity index (χ3n) is 2.55. The van der Waals surface area contributed by atoms with E-state index in [9.17, 15) is 4.79 Å². The van der Waals surface area contributed by atoms with Crippen LogP contribution in [0.1, 0.15) is 5.56 Å². The van der Waals surface area contributed by atoms with Crippen molar-refractivity contribution >= 4 is 29.2 Å². The first-order valence-electron chi connectivity index (χ1n) is 5.29. The molecule has 0 bridgehead atoms. The number of rotatable bonds is 3. The van der Waals surface area contributed by atoms with Crippen molar-refractivity contribution in [3.63, 3.8) is 0 Å².